The molecule has 0 bridgehead atoms. The average Bonchev–Trinajstić information content (AvgIpc) is 2.45. The van der Waals surface area contributed by atoms with E-state index in [1.54, 1.807) is 11.8 Å². The van der Waals surface area contributed by atoms with E-state index in [0.29, 0.717) is 6.04 Å². The second-order valence-corrected chi connectivity index (χ2v) is 6.01. The Morgan fingerprint density at radius 3 is 2.95 bits per heavy atom. The van der Waals surface area contributed by atoms with E-state index in [1.807, 2.05) is 0 Å². The number of anilines is 1. The van der Waals surface area contributed by atoms with Crippen LogP contribution in [0.5, 0.6) is 0 Å². The van der Waals surface area contributed by atoms with Crippen molar-refractivity contribution >= 4 is 17.4 Å². The molecule has 3 nitrogen and oxygen atoms in total. The van der Waals surface area contributed by atoms with Crippen LogP contribution in [0, 0.1) is 0 Å². The third-order valence-electron chi connectivity index (χ3n) is 3.53. The van der Waals surface area contributed by atoms with Gasteiger partial charge >= 0.3 is 0 Å². The quantitative estimate of drug-likeness (QED) is 0.838. The van der Waals surface area contributed by atoms with Gasteiger partial charge < -0.3 is 10.1 Å². The normalized spacial score (nSPS) is 20.7. The number of para-hydroxylation sites is 1. The van der Waals surface area contributed by atoms with E-state index in [0.717, 1.165) is 26.2 Å². The summed E-state index contributed by atoms with van der Waals surface area (Å²) >= 11 is 1.77. The zero-order chi connectivity index (χ0) is 13.7. The summed E-state index contributed by atoms with van der Waals surface area (Å²) in [4.78, 5) is 3.77. The second kappa shape index (κ2) is 7.17. The van der Waals surface area contributed by atoms with Crippen molar-refractivity contribution in [3.8, 4) is 0 Å². The molecule has 19 heavy (non-hydrogen) atoms. The highest BCUT2D eigenvalue weighted by Gasteiger charge is 2.21. The molecule has 0 spiro atoms. The van der Waals surface area contributed by atoms with Gasteiger partial charge in [-0.15, -0.1) is 11.8 Å². The van der Waals surface area contributed by atoms with E-state index < -0.39 is 0 Å². The highest BCUT2D eigenvalue weighted by Crippen LogP contribution is 2.24. The number of nitrogens with one attached hydrogen (secondary N) is 1. The van der Waals surface area contributed by atoms with E-state index in [9.17, 15) is 0 Å². The van der Waals surface area contributed by atoms with E-state index in [-0.39, 0.29) is 6.10 Å². The Morgan fingerprint density at radius 1 is 1.42 bits per heavy atom. The van der Waals surface area contributed by atoms with E-state index >= 15 is 0 Å². The molecule has 4 heteroatoms. The first-order valence-electron chi connectivity index (χ1n) is 6.93. The van der Waals surface area contributed by atoms with Crippen LogP contribution in [0.25, 0.3) is 0 Å². The lowest BCUT2D eigenvalue weighted by atomic mass is 10.2. The van der Waals surface area contributed by atoms with Crippen molar-refractivity contribution in [3.05, 3.63) is 24.3 Å². The second-order valence-electron chi connectivity index (χ2n) is 5.16. The largest absolute Gasteiger partial charge is 0.381 e. The molecule has 0 aromatic heterocycles. The minimum absolute atomic E-state index is 0.283. The minimum Gasteiger partial charge on any atom is -0.381 e. The first-order chi connectivity index (χ1) is 9.20. The van der Waals surface area contributed by atoms with E-state index in [1.165, 1.54) is 10.6 Å². The fourth-order valence-corrected chi connectivity index (χ4v) is 2.92. The molecular weight excluding hydrogens is 256 g/mol. The Kier molecular flexibility index (Phi) is 5.55. The summed E-state index contributed by atoms with van der Waals surface area (Å²) in [7, 11) is 0. The van der Waals surface area contributed by atoms with Crippen molar-refractivity contribution < 1.29 is 4.74 Å². The van der Waals surface area contributed by atoms with Crippen LogP contribution < -0.4 is 5.32 Å². The van der Waals surface area contributed by atoms with Crippen molar-refractivity contribution in [2.75, 3.05) is 37.8 Å². The summed E-state index contributed by atoms with van der Waals surface area (Å²) in [5, 5.41) is 3.52. The molecule has 0 radical (unpaired) electrons. The summed E-state index contributed by atoms with van der Waals surface area (Å²) < 4.78 is 5.84. The number of ether oxygens (including phenoxy) is 1. The van der Waals surface area contributed by atoms with Crippen LogP contribution >= 0.6 is 11.8 Å². The molecular formula is C15H24N2OS. The van der Waals surface area contributed by atoms with Crippen molar-refractivity contribution in [3.63, 3.8) is 0 Å². The topological polar surface area (TPSA) is 24.5 Å². The minimum atomic E-state index is 0.283. The summed E-state index contributed by atoms with van der Waals surface area (Å²) in [5.41, 5.74) is 1.21. The first kappa shape index (κ1) is 14.7. The van der Waals surface area contributed by atoms with Gasteiger partial charge in [0.25, 0.3) is 0 Å². The van der Waals surface area contributed by atoms with Crippen LogP contribution in [0.15, 0.2) is 29.2 Å². The number of hydrogen-bond acceptors (Lipinski definition) is 4. The maximum atomic E-state index is 5.84. The molecule has 1 fully saturated rings. The van der Waals surface area contributed by atoms with Gasteiger partial charge in [-0.25, -0.2) is 0 Å². The Hall–Kier alpha value is -0.710. The van der Waals surface area contributed by atoms with Gasteiger partial charge in [0.15, 0.2) is 0 Å². The number of hydrogen-bond donors (Lipinski definition) is 1. The number of benzene rings is 1. The lowest BCUT2D eigenvalue weighted by molar-refractivity contribution is -0.0315. The van der Waals surface area contributed by atoms with Crippen LogP contribution in [0.3, 0.4) is 0 Å². The maximum Gasteiger partial charge on any atom is 0.0874 e. The van der Waals surface area contributed by atoms with Crippen LogP contribution in [0.2, 0.25) is 0 Å². The molecule has 0 amide bonds. The third-order valence-corrected chi connectivity index (χ3v) is 4.32. The van der Waals surface area contributed by atoms with Crippen LogP contribution in [-0.2, 0) is 4.74 Å². The Bertz CT molecular complexity index is 397. The van der Waals surface area contributed by atoms with Crippen molar-refractivity contribution in [1.82, 2.24) is 4.90 Å². The maximum absolute atomic E-state index is 5.84. The molecule has 1 N–H and O–H groups in total. The molecule has 1 aromatic rings. The number of rotatable bonds is 5. The van der Waals surface area contributed by atoms with Crippen LogP contribution in [0.4, 0.5) is 5.69 Å². The summed E-state index contributed by atoms with van der Waals surface area (Å²) in [5.74, 6) is 0. The molecule has 0 saturated carbocycles. The highest BCUT2D eigenvalue weighted by molar-refractivity contribution is 7.98. The predicted octanol–water partition coefficient (Wildman–Crippen LogP) is 2.93. The number of morpholine rings is 1. The molecule has 1 unspecified atom stereocenters. The van der Waals surface area contributed by atoms with Gasteiger partial charge in [-0.1, -0.05) is 12.1 Å². The Labute approximate surface area is 120 Å². The molecule has 1 heterocycles. The fourth-order valence-electron chi connectivity index (χ4n) is 2.35. The molecule has 1 aliphatic rings. The van der Waals surface area contributed by atoms with Gasteiger partial charge in [-0.05, 0) is 32.2 Å². The van der Waals surface area contributed by atoms with Crippen molar-refractivity contribution in [1.29, 1.82) is 0 Å². The fraction of sp³-hybridized carbons (Fsp3) is 0.600. The molecule has 1 aliphatic heterocycles. The average molecular weight is 280 g/mol. The Balaban J connectivity index is 1.88. The van der Waals surface area contributed by atoms with E-state index in [4.69, 9.17) is 4.74 Å². The molecule has 1 saturated heterocycles. The molecule has 106 valence electrons. The summed E-state index contributed by atoms with van der Waals surface area (Å²) in [6, 6.07) is 9.04. The molecule has 0 aliphatic carbocycles. The van der Waals surface area contributed by atoms with Crippen LogP contribution in [0.1, 0.15) is 13.8 Å². The summed E-state index contributed by atoms with van der Waals surface area (Å²) in [6.45, 7) is 8.29. The van der Waals surface area contributed by atoms with Gasteiger partial charge in [0, 0.05) is 36.3 Å². The molecule has 1 atom stereocenters. The third kappa shape index (κ3) is 4.13. The lowest BCUT2D eigenvalue weighted by Gasteiger charge is -2.35. The smallest absolute Gasteiger partial charge is 0.0874 e. The predicted molar refractivity (Wildman–Crippen MR) is 83.2 cm³/mol. The van der Waals surface area contributed by atoms with Crippen LogP contribution in [-0.4, -0.2) is 49.5 Å². The van der Waals surface area contributed by atoms with Crippen molar-refractivity contribution in [2.45, 2.75) is 30.9 Å². The highest BCUT2D eigenvalue weighted by atomic mass is 32.2. The number of nitrogens with zero attached hydrogens (tertiary/aromatic N) is 1. The van der Waals surface area contributed by atoms with Gasteiger partial charge in [-0.2, -0.15) is 0 Å². The summed E-state index contributed by atoms with van der Waals surface area (Å²) in [6.07, 6.45) is 2.39. The van der Waals surface area contributed by atoms with Gasteiger partial charge in [0.1, 0.15) is 0 Å². The SMILES string of the molecule is CSc1ccccc1NCC1CN(C(C)C)CCO1. The van der Waals surface area contributed by atoms with Gasteiger partial charge in [-0.3, -0.25) is 4.90 Å². The van der Waals surface area contributed by atoms with Crippen molar-refractivity contribution in [2.24, 2.45) is 0 Å². The monoisotopic (exact) mass is 280 g/mol. The lowest BCUT2D eigenvalue weighted by Crippen LogP contribution is -2.48. The van der Waals surface area contributed by atoms with E-state index in [2.05, 4.69) is 54.6 Å². The molecule has 1 aromatic carbocycles. The van der Waals surface area contributed by atoms with Gasteiger partial charge in [0.2, 0.25) is 0 Å². The Morgan fingerprint density at radius 2 is 2.21 bits per heavy atom. The zero-order valence-electron chi connectivity index (χ0n) is 12.1. The molecule has 2 rings (SSSR count). The zero-order valence-corrected chi connectivity index (χ0v) is 12.9. The van der Waals surface area contributed by atoms with Gasteiger partial charge in [0.05, 0.1) is 12.7 Å². The first-order valence-corrected chi connectivity index (χ1v) is 8.15. The standard InChI is InChI=1S/C15H24N2OS/c1-12(2)17-8-9-18-13(11-17)10-16-14-6-4-5-7-15(14)19-3/h4-7,12-13,16H,8-11H2,1-3H3. The number of thioether (sulfide) groups is 1.